The molecule has 0 fully saturated rings. The lowest BCUT2D eigenvalue weighted by Crippen LogP contribution is -1.85. The van der Waals surface area contributed by atoms with Crippen molar-refractivity contribution in [3.63, 3.8) is 0 Å². The van der Waals surface area contributed by atoms with Crippen LogP contribution in [0.15, 0.2) is 42.2 Å². The van der Waals surface area contributed by atoms with E-state index in [2.05, 4.69) is 55.2 Å². The summed E-state index contributed by atoms with van der Waals surface area (Å²) in [5.41, 5.74) is 1.35. The van der Waals surface area contributed by atoms with E-state index in [1.807, 2.05) is 0 Å². The fourth-order valence-corrected chi connectivity index (χ4v) is 3.30. The van der Waals surface area contributed by atoms with Crippen molar-refractivity contribution in [2.75, 3.05) is 0 Å². The maximum absolute atomic E-state index is 3.63. The van der Waals surface area contributed by atoms with Gasteiger partial charge < -0.3 is 0 Å². The summed E-state index contributed by atoms with van der Waals surface area (Å²) >= 11 is 0. The van der Waals surface area contributed by atoms with Gasteiger partial charge in [0.05, 0.1) is 0 Å². The smallest absolute Gasteiger partial charge is 0.0103 e. The molecule has 0 aliphatic carbocycles. The molecule has 0 spiro atoms. The highest BCUT2D eigenvalue weighted by Gasteiger charge is 2.02. The number of benzene rings is 2. The molecule has 0 amide bonds. The van der Waals surface area contributed by atoms with E-state index in [0.717, 1.165) is 6.42 Å². The largest absolute Gasteiger partial charge is 0.0671 e. The molecule has 0 N–H and O–H groups in total. The van der Waals surface area contributed by atoms with Crippen molar-refractivity contribution in [2.45, 2.75) is 26.2 Å². The molecule has 1 aromatic heterocycles. The van der Waals surface area contributed by atoms with Crippen molar-refractivity contribution in [1.29, 1.82) is 0 Å². The third-order valence-corrected chi connectivity index (χ3v) is 4.41. The number of rotatable bonds is 3. The molecule has 3 aromatic rings. The highest BCUT2D eigenvalue weighted by Crippen LogP contribution is 2.32. The first kappa shape index (κ1) is 11.7. The Morgan fingerprint density at radius 2 is 2.00 bits per heavy atom. The molecule has 0 bridgehead atoms. The Kier molecular flexibility index (Phi) is 3.30. The lowest BCUT2D eigenvalue weighted by molar-refractivity contribution is 0.795. The van der Waals surface area contributed by atoms with Crippen molar-refractivity contribution >= 4 is 29.5 Å². The first-order chi connectivity index (χ1) is 8.88. The molecule has 89 valence electrons. The average Bonchev–Trinajstić information content (AvgIpc) is 2.45. The van der Waals surface area contributed by atoms with Crippen LogP contribution in [0.4, 0.5) is 0 Å². The van der Waals surface area contributed by atoms with E-state index in [4.69, 9.17) is 0 Å². The zero-order chi connectivity index (χ0) is 12.4. The summed E-state index contributed by atoms with van der Waals surface area (Å²) in [5.74, 6) is 2.29. The van der Waals surface area contributed by atoms with Gasteiger partial charge in [0.15, 0.2) is 0 Å². The van der Waals surface area contributed by atoms with Gasteiger partial charge in [-0.25, -0.2) is 0 Å². The van der Waals surface area contributed by atoms with Gasteiger partial charge in [0.2, 0.25) is 0 Å². The van der Waals surface area contributed by atoms with Crippen molar-refractivity contribution in [3.8, 4) is 0 Å². The molecule has 1 radical (unpaired) electrons. The van der Waals surface area contributed by atoms with Gasteiger partial charge in [-0.2, -0.15) is 0 Å². The van der Waals surface area contributed by atoms with Gasteiger partial charge in [-0.05, 0) is 47.1 Å². The van der Waals surface area contributed by atoms with Crippen LogP contribution in [0.1, 0.15) is 25.3 Å². The van der Waals surface area contributed by atoms with E-state index in [0.29, 0.717) is 0 Å². The van der Waals surface area contributed by atoms with Crippen LogP contribution < -0.4 is 0 Å². The lowest BCUT2D eigenvalue weighted by atomic mass is 10.0. The molecule has 0 unspecified atom stereocenters. The molecule has 0 atom stereocenters. The van der Waals surface area contributed by atoms with Crippen molar-refractivity contribution in [3.05, 3.63) is 53.8 Å². The molecular weight excluding hydrogens is 235 g/mol. The van der Waals surface area contributed by atoms with Crippen LogP contribution in [0.3, 0.4) is 0 Å². The van der Waals surface area contributed by atoms with Crippen LogP contribution in [-0.2, 0) is 6.42 Å². The molecule has 0 aliphatic rings. The van der Waals surface area contributed by atoms with Gasteiger partial charge in [0.25, 0.3) is 0 Å². The zero-order valence-electron chi connectivity index (χ0n) is 10.6. The van der Waals surface area contributed by atoms with Gasteiger partial charge in [-0.1, -0.05) is 51.9 Å². The van der Waals surface area contributed by atoms with E-state index in [9.17, 15) is 0 Å². The standard InChI is InChI=1S/C17H16P/c1-2-3-6-13-9-10-17-16(11-13)15-8-5-4-7-14(15)12-18-17/h4-5,7-10,12H,2-3,6H2,1H3. The first-order valence-electron chi connectivity index (χ1n) is 6.57. The topological polar surface area (TPSA) is 0 Å². The SMILES string of the molecule is CCCCc1[c]c2c(cc1)pcc1ccccc12. The Balaban J connectivity index is 2.20. The molecule has 0 aliphatic heterocycles. The van der Waals surface area contributed by atoms with E-state index >= 15 is 0 Å². The Bertz CT molecular complexity index is 685. The van der Waals surface area contributed by atoms with Crippen LogP contribution in [0.5, 0.6) is 0 Å². The Labute approximate surface area is 110 Å². The van der Waals surface area contributed by atoms with Crippen molar-refractivity contribution in [2.24, 2.45) is 0 Å². The molecule has 18 heavy (non-hydrogen) atoms. The van der Waals surface area contributed by atoms with Gasteiger partial charge >= 0.3 is 0 Å². The van der Waals surface area contributed by atoms with Crippen LogP contribution in [0.25, 0.3) is 21.3 Å². The van der Waals surface area contributed by atoms with Crippen molar-refractivity contribution < 1.29 is 0 Å². The monoisotopic (exact) mass is 251 g/mol. The molecule has 1 heteroatoms. The van der Waals surface area contributed by atoms with Gasteiger partial charge in [0, 0.05) is 10.5 Å². The molecular formula is C17H16P. The second kappa shape index (κ2) is 5.08. The molecule has 0 saturated carbocycles. The van der Waals surface area contributed by atoms with E-state index in [1.165, 1.54) is 47.9 Å². The van der Waals surface area contributed by atoms with Crippen LogP contribution in [-0.4, -0.2) is 0 Å². The number of aryl methyl sites for hydroxylation is 1. The van der Waals surface area contributed by atoms with E-state index < -0.39 is 0 Å². The summed E-state index contributed by atoms with van der Waals surface area (Å²) in [4.78, 5) is 0. The highest BCUT2D eigenvalue weighted by molar-refractivity contribution is 7.36. The van der Waals surface area contributed by atoms with E-state index in [1.54, 1.807) is 0 Å². The van der Waals surface area contributed by atoms with Gasteiger partial charge in [-0.15, -0.1) is 0 Å². The predicted molar refractivity (Wildman–Crippen MR) is 81.4 cm³/mol. The highest BCUT2D eigenvalue weighted by atomic mass is 31.0. The third kappa shape index (κ3) is 2.13. The quantitative estimate of drug-likeness (QED) is 0.522. The molecule has 1 heterocycles. The Morgan fingerprint density at radius 3 is 2.89 bits per heavy atom. The number of fused-ring (bicyclic) bond motifs is 3. The zero-order valence-corrected chi connectivity index (χ0v) is 11.5. The van der Waals surface area contributed by atoms with Crippen LogP contribution >= 0.6 is 8.19 Å². The normalized spacial score (nSPS) is 11.6. The summed E-state index contributed by atoms with van der Waals surface area (Å²) in [5, 5.41) is 5.37. The second-order valence-electron chi connectivity index (χ2n) is 4.69. The molecule has 2 aromatic carbocycles. The summed E-state index contributed by atoms with van der Waals surface area (Å²) in [6, 6.07) is 16.8. The van der Waals surface area contributed by atoms with E-state index in [-0.39, 0.29) is 0 Å². The lowest BCUT2D eigenvalue weighted by Gasteiger charge is -2.05. The number of unbranched alkanes of at least 4 members (excludes halogenated alkanes) is 1. The van der Waals surface area contributed by atoms with Gasteiger partial charge in [0.1, 0.15) is 0 Å². The maximum atomic E-state index is 3.63. The fourth-order valence-electron chi connectivity index (χ4n) is 2.33. The second-order valence-corrected chi connectivity index (χ2v) is 5.69. The summed E-state index contributed by atoms with van der Waals surface area (Å²) < 4.78 is 0. The third-order valence-electron chi connectivity index (χ3n) is 3.36. The molecule has 0 saturated heterocycles. The van der Waals surface area contributed by atoms with Crippen LogP contribution in [0, 0.1) is 6.07 Å². The predicted octanol–water partition coefficient (Wildman–Crippen LogP) is 5.72. The van der Waals surface area contributed by atoms with Crippen LogP contribution in [0.2, 0.25) is 0 Å². The summed E-state index contributed by atoms with van der Waals surface area (Å²) in [6.07, 6.45) is 3.64. The van der Waals surface area contributed by atoms with Gasteiger partial charge in [-0.3, -0.25) is 0 Å². The minimum atomic E-state index is 1.15. The Morgan fingerprint density at radius 1 is 1.11 bits per heavy atom. The number of hydrogen-bond acceptors (Lipinski definition) is 0. The number of hydrogen-bond donors (Lipinski definition) is 0. The van der Waals surface area contributed by atoms with Crippen molar-refractivity contribution in [1.82, 2.24) is 0 Å². The maximum Gasteiger partial charge on any atom is 0.0103 e. The molecule has 3 rings (SSSR count). The summed E-state index contributed by atoms with van der Waals surface area (Å²) in [7, 11) is 1.29. The average molecular weight is 251 g/mol. The Hall–Kier alpha value is -1.39. The molecule has 0 nitrogen and oxygen atoms in total. The summed E-state index contributed by atoms with van der Waals surface area (Å²) in [6.45, 7) is 2.24. The fraction of sp³-hybridized carbons (Fsp3) is 0.235. The minimum Gasteiger partial charge on any atom is -0.0671 e. The first-order valence-corrected chi connectivity index (χ1v) is 7.53. The minimum absolute atomic E-state index is 1.15.